The fourth-order valence-corrected chi connectivity index (χ4v) is 2.47. The highest BCUT2D eigenvalue weighted by atomic mass is 16.5. The van der Waals surface area contributed by atoms with Crippen LogP contribution in [-0.2, 0) is 4.74 Å². The Kier molecular flexibility index (Phi) is 6.36. The lowest BCUT2D eigenvalue weighted by molar-refractivity contribution is 0.0526. The molecule has 0 saturated carbocycles. The SMILES string of the molecule is CCOC(=O)c1ccc(Nc2cc(C(=O)Nc3ccc(OC)cc3)ncn2)cc1. The number of amides is 1. The number of nitrogens with zero attached hydrogens (tertiary/aromatic N) is 2. The van der Waals surface area contributed by atoms with Crippen molar-refractivity contribution in [2.24, 2.45) is 0 Å². The number of rotatable bonds is 7. The topological polar surface area (TPSA) is 102 Å². The molecule has 0 fully saturated rings. The zero-order valence-electron chi connectivity index (χ0n) is 16.0. The summed E-state index contributed by atoms with van der Waals surface area (Å²) in [5.41, 5.74) is 2.00. The van der Waals surface area contributed by atoms with Crippen LogP contribution < -0.4 is 15.4 Å². The third-order valence-electron chi connectivity index (χ3n) is 3.92. The summed E-state index contributed by atoms with van der Waals surface area (Å²) >= 11 is 0. The lowest BCUT2D eigenvalue weighted by atomic mass is 10.2. The van der Waals surface area contributed by atoms with E-state index in [0.717, 1.165) is 0 Å². The van der Waals surface area contributed by atoms with Gasteiger partial charge < -0.3 is 20.1 Å². The Hall–Kier alpha value is -3.94. The summed E-state index contributed by atoms with van der Waals surface area (Å²) in [6.45, 7) is 2.08. The second kappa shape index (κ2) is 9.32. The van der Waals surface area contributed by atoms with Crippen LogP contribution >= 0.6 is 0 Å². The molecule has 1 heterocycles. The summed E-state index contributed by atoms with van der Waals surface area (Å²) in [6.07, 6.45) is 1.30. The Balaban J connectivity index is 1.67. The molecular formula is C21H20N4O4. The second-order valence-electron chi connectivity index (χ2n) is 5.89. The van der Waals surface area contributed by atoms with Crippen molar-refractivity contribution in [1.82, 2.24) is 9.97 Å². The van der Waals surface area contributed by atoms with Crippen molar-refractivity contribution in [1.29, 1.82) is 0 Å². The van der Waals surface area contributed by atoms with Gasteiger partial charge in [0.1, 0.15) is 23.6 Å². The van der Waals surface area contributed by atoms with Crippen molar-refractivity contribution in [3.8, 4) is 5.75 Å². The summed E-state index contributed by atoms with van der Waals surface area (Å²) < 4.78 is 10.1. The van der Waals surface area contributed by atoms with Crippen molar-refractivity contribution >= 4 is 29.1 Å². The Labute approximate surface area is 167 Å². The molecule has 1 amide bonds. The third kappa shape index (κ3) is 5.29. The molecule has 3 aromatic rings. The van der Waals surface area contributed by atoms with Gasteiger partial charge in [-0.05, 0) is 55.5 Å². The van der Waals surface area contributed by atoms with Gasteiger partial charge in [-0.1, -0.05) is 0 Å². The van der Waals surface area contributed by atoms with Crippen LogP contribution in [0.4, 0.5) is 17.2 Å². The number of ether oxygens (including phenoxy) is 2. The van der Waals surface area contributed by atoms with Gasteiger partial charge in [0.25, 0.3) is 5.91 Å². The van der Waals surface area contributed by atoms with E-state index in [1.807, 2.05) is 0 Å². The monoisotopic (exact) mass is 392 g/mol. The molecule has 8 nitrogen and oxygen atoms in total. The molecule has 8 heteroatoms. The van der Waals surface area contributed by atoms with Gasteiger partial charge in [-0.3, -0.25) is 4.79 Å². The minimum Gasteiger partial charge on any atom is -0.497 e. The number of benzene rings is 2. The van der Waals surface area contributed by atoms with Crippen molar-refractivity contribution in [2.75, 3.05) is 24.4 Å². The average molecular weight is 392 g/mol. The van der Waals surface area contributed by atoms with Crippen LogP contribution in [0.3, 0.4) is 0 Å². The van der Waals surface area contributed by atoms with Crippen LogP contribution in [0.25, 0.3) is 0 Å². The fraction of sp³-hybridized carbons (Fsp3) is 0.143. The second-order valence-corrected chi connectivity index (χ2v) is 5.89. The van der Waals surface area contributed by atoms with Crippen molar-refractivity contribution < 1.29 is 19.1 Å². The Bertz CT molecular complexity index is 988. The highest BCUT2D eigenvalue weighted by Crippen LogP contribution is 2.18. The van der Waals surface area contributed by atoms with Crippen LogP contribution in [-0.4, -0.2) is 35.6 Å². The van der Waals surface area contributed by atoms with E-state index < -0.39 is 0 Å². The number of carbonyl (C=O) groups excluding carboxylic acids is 2. The smallest absolute Gasteiger partial charge is 0.338 e. The van der Waals surface area contributed by atoms with Gasteiger partial charge in [0.05, 0.1) is 19.3 Å². The van der Waals surface area contributed by atoms with Gasteiger partial charge in [0.15, 0.2) is 0 Å². The van der Waals surface area contributed by atoms with Crippen LogP contribution in [0.5, 0.6) is 5.75 Å². The van der Waals surface area contributed by atoms with E-state index in [4.69, 9.17) is 9.47 Å². The van der Waals surface area contributed by atoms with E-state index in [1.54, 1.807) is 62.6 Å². The maximum Gasteiger partial charge on any atom is 0.338 e. The van der Waals surface area contributed by atoms with Gasteiger partial charge in [-0.15, -0.1) is 0 Å². The molecule has 0 spiro atoms. The molecular weight excluding hydrogens is 372 g/mol. The standard InChI is InChI=1S/C21H20N4O4/c1-3-29-21(27)14-4-6-15(7-5-14)24-19-12-18(22-13-23-19)20(26)25-16-8-10-17(28-2)11-9-16/h4-13H,3H2,1-2H3,(H,25,26)(H,22,23,24). The van der Waals surface area contributed by atoms with E-state index in [-0.39, 0.29) is 17.6 Å². The third-order valence-corrected chi connectivity index (χ3v) is 3.92. The number of esters is 1. The molecule has 0 aliphatic carbocycles. The number of aromatic nitrogens is 2. The van der Waals surface area contributed by atoms with Crippen LogP contribution in [0.2, 0.25) is 0 Å². The summed E-state index contributed by atoms with van der Waals surface area (Å²) in [7, 11) is 1.58. The lowest BCUT2D eigenvalue weighted by Crippen LogP contribution is -2.14. The van der Waals surface area contributed by atoms with Gasteiger partial charge >= 0.3 is 5.97 Å². The maximum absolute atomic E-state index is 12.4. The van der Waals surface area contributed by atoms with Gasteiger partial charge in [-0.2, -0.15) is 0 Å². The first-order chi connectivity index (χ1) is 14.1. The number of carbonyl (C=O) groups is 2. The van der Waals surface area contributed by atoms with Crippen LogP contribution in [0.1, 0.15) is 27.8 Å². The predicted molar refractivity (Wildman–Crippen MR) is 109 cm³/mol. The minimum atomic E-state index is -0.376. The molecule has 0 bridgehead atoms. The van der Waals surface area contributed by atoms with Crippen LogP contribution in [0.15, 0.2) is 60.9 Å². The molecule has 3 rings (SSSR count). The molecule has 1 aromatic heterocycles. The molecule has 2 aromatic carbocycles. The van der Waals surface area contributed by atoms with Crippen molar-refractivity contribution in [3.63, 3.8) is 0 Å². The maximum atomic E-state index is 12.4. The number of methoxy groups -OCH3 is 1. The highest BCUT2D eigenvalue weighted by molar-refractivity contribution is 6.03. The molecule has 0 atom stereocenters. The molecule has 148 valence electrons. The summed E-state index contributed by atoms with van der Waals surface area (Å²) in [5, 5.41) is 5.85. The number of anilines is 3. The summed E-state index contributed by atoms with van der Waals surface area (Å²) in [6, 6.07) is 15.3. The van der Waals surface area contributed by atoms with E-state index in [0.29, 0.717) is 35.1 Å². The zero-order valence-corrected chi connectivity index (χ0v) is 16.0. The number of hydrogen-bond acceptors (Lipinski definition) is 7. The van der Waals surface area contributed by atoms with Crippen LogP contribution in [0, 0.1) is 0 Å². The van der Waals surface area contributed by atoms with E-state index in [2.05, 4.69) is 20.6 Å². The normalized spacial score (nSPS) is 10.1. The zero-order chi connectivity index (χ0) is 20.6. The Morgan fingerprint density at radius 2 is 1.66 bits per heavy atom. The predicted octanol–water partition coefficient (Wildman–Crippen LogP) is 3.66. The van der Waals surface area contributed by atoms with Crippen molar-refractivity contribution in [3.05, 3.63) is 72.2 Å². The Morgan fingerprint density at radius 3 is 2.31 bits per heavy atom. The fourth-order valence-electron chi connectivity index (χ4n) is 2.47. The highest BCUT2D eigenvalue weighted by Gasteiger charge is 2.10. The molecule has 0 radical (unpaired) electrons. The largest absolute Gasteiger partial charge is 0.497 e. The summed E-state index contributed by atoms with van der Waals surface area (Å²) in [4.78, 5) is 32.3. The van der Waals surface area contributed by atoms with Gasteiger partial charge in [0.2, 0.25) is 0 Å². The average Bonchev–Trinajstić information content (AvgIpc) is 2.75. The Morgan fingerprint density at radius 1 is 0.966 bits per heavy atom. The van der Waals surface area contributed by atoms with Gasteiger partial charge in [-0.25, -0.2) is 14.8 Å². The number of hydrogen-bond donors (Lipinski definition) is 2. The molecule has 0 saturated heterocycles. The molecule has 0 unspecified atom stereocenters. The van der Waals surface area contributed by atoms with E-state index in [1.165, 1.54) is 12.4 Å². The number of nitrogens with one attached hydrogen (secondary N) is 2. The van der Waals surface area contributed by atoms with Crippen molar-refractivity contribution in [2.45, 2.75) is 6.92 Å². The molecule has 0 aliphatic rings. The van der Waals surface area contributed by atoms with Gasteiger partial charge in [0, 0.05) is 17.4 Å². The first-order valence-corrected chi connectivity index (χ1v) is 8.90. The lowest BCUT2D eigenvalue weighted by Gasteiger charge is -2.09. The molecule has 29 heavy (non-hydrogen) atoms. The quantitative estimate of drug-likeness (QED) is 0.592. The summed E-state index contributed by atoms with van der Waals surface area (Å²) in [5.74, 6) is 0.408. The molecule has 0 aliphatic heterocycles. The molecule has 2 N–H and O–H groups in total. The first-order valence-electron chi connectivity index (χ1n) is 8.90. The van der Waals surface area contributed by atoms with E-state index in [9.17, 15) is 9.59 Å². The minimum absolute atomic E-state index is 0.210. The van der Waals surface area contributed by atoms with E-state index >= 15 is 0 Å². The first kappa shape index (κ1) is 19.8.